The van der Waals surface area contributed by atoms with Crippen molar-refractivity contribution in [3.8, 4) is 5.75 Å². The van der Waals surface area contributed by atoms with Gasteiger partial charge in [0.15, 0.2) is 0 Å². The summed E-state index contributed by atoms with van der Waals surface area (Å²) in [5.41, 5.74) is 2.88. The molecule has 1 atom stereocenters. The van der Waals surface area contributed by atoms with Crippen LogP contribution in [0.15, 0.2) is 60.8 Å². The molecule has 136 valence electrons. The Kier molecular flexibility index (Phi) is 5.92. The minimum Gasteiger partial charge on any atom is -0.497 e. The maximum atomic E-state index is 11.8. The summed E-state index contributed by atoms with van der Waals surface area (Å²) in [6.45, 7) is 0.960. The molecule has 1 aliphatic heterocycles. The molecular weight excluding hydrogens is 330 g/mol. The Bertz CT molecular complexity index is 755. The summed E-state index contributed by atoms with van der Waals surface area (Å²) in [6.07, 6.45) is 2.12. The quantitative estimate of drug-likeness (QED) is 0.817. The van der Waals surface area contributed by atoms with Crippen LogP contribution in [0, 0.1) is 0 Å². The highest BCUT2D eigenvalue weighted by Crippen LogP contribution is 2.28. The van der Waals surface area contributed by atoms with Crippen LogP contribution in [0.5, 0.6) is 5.75 Å². The fraction of sp³-hybridized carbons (Fsp3) is 0.286. The molecule has 0 bridgehead atoms. The molecule has 1 unspecified atom stereocenters. The third kappa shape index (κ3) is 4.43. The standard InChI is InChI=1S/C21H23NO4/c1-25-19-10-7-17(8-11-19)20(23)12-9-18(16-5-3-2-4-6-16)15-22-13-14-26-21(22)24/h2-8,10-11,15,20,23H,9,12-14H2,1H3/b18-15-. The van der Waals surface area contributed by atoms with Crippen molar-refractivity contribution < 1.29 is 19.4 Å². The molecule has 5 heteroatoms. The number of carbonyl (C=O) groups excluding carboxylic acids is 1. The Hall–Kier alpha value is -2.79. The van der Waals surface area contributed by atoms with Crippen molar-refractivity contribution in [2.75, 3.05) is 20.3 Å². The van der Waals surface area contributed by atoms with Crippen molar-refractivity contribution in [1.29, 1.82) is 0 Å². The zero-order valence-electron chi connectivity index (χ0n) is 14.8. The van der Waals surface area contributed by atoms with Gasteiger partial charge < -0.3 is 14.6 Å². The third-order valence-electron chi connectivity index (χ3n) is 4.44. The average Bonchev–Trinajstić information content (AvgIpc) is 3.10. The van der Waals surface area contributed by atoms with Gasteiger partial charge in [-0.1, -0.05) is 42.5 Å². The molecule has 1 heterocycles. The Morgan fingerprint density at radius 2 is 1.96 bits per heavy atom. The number of allylic oxidation sites excluding steroid dienone is 1. The lowest BCUT2D eigenvalue weighted by Crippen LogP contribution is -2.17. The Morgan fingerprint density at radius 1 is 1.23 bits per heavy atom. The fourth-order valence-electron chi connectivity index (χ4n) is 2.93. The Balaban J connectivity index is 1.73. The molecule has 1 saturated heterocycles. The molecule has 0 spiro atoms. The lowest BCUT2D eigenvalue weighted by atomic mass is 9.97. The summed E-state index contributed by atoms with van der Waals surface area (Å²) in [7, 11) is 1.62. The van der Waals surface area contributed by atoms with E-state index in [4.69, 9.17) is 9.47 Å². The number of amides is 1. The first-order chi connectivity index (χ1) is 12.7. The SMILES string of the molecule is COc1ccc(C(O)CC/C(=C/N2CCOC2=O)c2ccccc2)cc1. The normalized spacial score (nSPS) is 15.7. The number of hydrogen-bond acceptors (Lipinski definition) is 4. The van der Waals surface area contributed by atoms with Gasteiger partial charge in [0.05, 0.1) is 19.8 Å². The van der Waals surface area contributed by atoms with E-state index >= 15 is 0 Å². The van der Waals surface area contributed by atoms with E-state index < -0.39 is 6.10 Å². The van der Waals surface area contributed by atoms with Crippen molar-refractivity contribution in [3.05, 3.63) is 71.9 Å². The average molecular weight is 353 g/mol. The summed E-state index contributed by atoms with van der Waals surface area (Å²) in [5, 5.41) is 10.5. The van der Waals surface area contributed by atoms with Crippen LogP contribution < -0.4 is 4.74 Å². The van der Waals surface area contributed by atoms with Gasteiger partial charge in [0.1, 0.15) is 12.4 Å². The van der Waals surface area contributed by atoms with Gasteiger partial charge in [-0.15, -0.1) is 0 Å². The second kappa shape index (κ2) is 8.54. The van der Waals surface area contributed by atoms with E-state index in [1.807, 2.05) is 60.8 Å². The van der Waals surface area contributed by atoms with Gasteiger partial charge in [-0.05, 0) is 41.7 Å². The van der Waals surface area contributed by atoms with Crippen LogP contribution >= 0.6 is 0 Å². The van der Waals surface area contributed by atoms with Gasteiger partial charge in [0.2, 0.25) is 0 Å². The van der Waals surface area contributed by atoms with Crippen molar-refractivity contribution in [2.24, 2.45) is 0 Å². The predicted octanol–water partition coefficient (Wildman–Crippen LogP) is 4.00. The van der Waals surface area contributed by atoms with E-state index in [9.17, 15) is 9.90 Å². The van der Waals surface area contributed by atoms with Crippen LogP contribution in [0.4, 0.5) is 4.79 Å². The fourth-order valence-corrected chi connectivity index (χ4v) is 2.93. The summed E-state index contributed by atoms with van der Waals surface area (Å²) >= 11 is 0. The molecule has 3 rings (SSSR count). The molecule has 1 N–H and O–H groups in total. The monoisotopic (exact) mass is 353 g/mol. The number of hydrogen-bond donors (Lipinski definition) is 1. The van der Waals surface area contributed by atoms with Crippen LogP contribution in [0.3, 0.4) is 0 Å². The first-order valence-electron chi connectivity index (χ1n) is 8.69. The minimum absolute atomic E-state index is 0.325. The molecule has 2 aromatic rings. The molecule has 0 saturated carbocycles. The van der Waals surface area contributed by atoms with Gasteiger partial charge in [0, 0.05) is 6.20 Å². The van der Waals surface area contributed by atoms with Gasteiger partial charge in [-0.3, -0.25) is 4.90 Å². The summed E-state index contributed by atoms with van der Waals surface area (Å²) < 4.78 is 10.1. The van der Waals surface area contributed by atoms with Crippen LogP contribution in [0.1, 0.15) is 30.1 Å². The predicted molar refractivity (Wildman–Crippen MR) is 99.7 cm³/mol. The Labute approximate surface area is 153 Å². The largest absolute Gasteiger partial charge is 0.497 e. The van der Waals surface area contributed by atoms with Crippen LogP contribution in [-0.2, 0) is 4.74 Å². The summed E-state index contributed by atoms with van der Waals surface area (Å²) in [4.78, 5) is 13.3. The zero-order chi connectivity index (χ0) is 18.4. The van der Waals surface area contributed by atoms with Gasteiger partial charge in [0.25, 0.3) is 0 Å². The first-order valence-corrected chi connectivity index (χ1v) is 8.69. The molecule has 0 aromatic heterocycles. The van der Waals surface area contributed by atoms with Gasteiger partial charge in [-0.2, -0.15) is 0 Å². The van der Waals surface area contributed by atoms with E-state index in [0.29, 0.717) is 26.0 Å². The number of aliphatic hydroxyl groups excluding tert-OH is 1. The van der Waals surface area contributed by atoms with E-state index in [1.165, 1.54) is 0 Å². The molecule has 26 heavy (non-hydrogen) atoms. The molecule has 5 nitrogen and oxygen atoms in total. The number of carbonyl (C=O) groups is 1. The lowest BCUT2D eigenvalue weighted by Gasteiger charge is -2.16. The smallest absolute Gasteiger partial charge is 0.413 e. The first kappa shape index (κ1) is 18.0. The number of nitrogens with zero attached hydrogens (tertiary/aromatic N) is 1. The highest BCUT2D eigenvalue weighted by Gasteiger charge is 2.21. The molecule has 1 amide bonds. The number of ether oxygens (including phenoxy) is 2. The number of aliphatic hydroxyl groups is 1. The number of rotatable bonds is 7. The second-order valence-electron chi connectivity index (χ2n) is 6.16. The maximum absolute atomic E-state index is 11.8. The van der Waals surface area contributed by atoms with Crippen molar-refractivity contribution in [2.45, 2.75) is 18.9 Å². The van der Waals surface area contributed by atoms with Crippen LogP contribution in [-0.4, -0.2) is 36.4 Å². The van der Waals surface area contributed by atoms with Crippen molar-refractivity contribution in [1.82, 2.24) is 4.90 Å². The van der Waals surface area contributed by atoms with Crippen LogP contribution in [0.25, 0.3) is 5.57 Å². The topological polar surface area (TPSA) is 59.0 Å². The maximum Gasteiger partial charge on any atom is 0.413 e. The highest BCUT2D eigenvalue weighted by molar-refractivity contribution is 5.75. The summed E-state index contributed by atoms with van der Waals surface area (Å²) in [6, 6.07) is 17.3. The molecule has 1 aliphatic rings. The number of benzene rings is 2. The van der Waals surface area contributed by atoms with Crippen LogP contribution in [0.2, 0.25) is 0 Å². The second-order valence-corrected chi connectivity index (χ2v) is 6.16. The number of methoxy groups -OCH3 is 1. The minimum atomic E-state index is -0.585. The third-order valence-corrected chi connectivity index (χ3v) is 4.44. The number of cyclic esters (lactones) is 1. The van der Waals surface area contributed by atoms with Crippen molar-refractivity contribution in [3.63, 3.8) is 0 Å². The van der Waals surface area contributed by atoms with E-state index in [-0.39, 0.29) is 6.09 Å². The zero-order valence-corrected chi connectivity index (χ0v) is 14.8. The lowest BCUT2D eigenvalue weighted by molar-refractivity contribution is 0.166. The van der Waals surface area contributed by atoms with E-state index in [0.717, 1.165) is 22.4 Å². The molecule has 1 fully saturated rings. The van der Waals surface area contributed by atoms with Gasteiger partial charge >= 0.3 is 6.09 Å². The van der Waals surface area contributed by atoms with Gasteiger partial charge in [-0.25, -0.2) is 4.79 Å². The van der Waals surface area contributed by atoms with E-state index in [1.54, 1.807) is 12.0 Å². The van der Waals surface area contributed by atoms with E-state index in [2.05, 4.69) is 0 Å². The highest BCUT2D eigenvalue weighted by atomic mass is 16.6. The molecule has 0 aliphatic carbocycles. The van der Waals surface area contributed by atoms with Crippen molar-refractivity contribution >= 4 is 11.7 Å². The summed E-state index contributed by atoms with van der Waals surface area (Å²) in [5.74, 6) is 0.762. The molecular formula is C21H23NO4. The molecule has 0 radical (unpaired) electrons. The Morgan fingerprint density at radius 3 is 2.58 bits per heavy atom. The molecule has 2 aromatic carbocycles.